The third kappa shape index (κ3) is 3.17. The molecule has 0 aliphatic rings. The number of nitrogens with zero attached hydrogens (tertiary/aromatic N) is 1. The number of carbonyl (C=O) groups is 1. The lowest BCUT2D eigenvalue weighted by Gasteiger charge is -2.11. The van der Waals surface area contributed by atoms with E-state index >= 15 is 0 Å². The van der Waals surface area contributed by atoms with E-state index in [-0.39, 0.29) is 21.2 Å². The molecule has 0 atom stereocenters. The lowest BCUT2D eigenvalue weighted by molar-refractivity contribution is 0.0602. The van der Waals surface area contributed by atoms with Crippen LogP contribution >= 0.6 is 11.6 Å². The lowest BCUT2D eigenvalue weighted by atomic mass is 10.2. The van der Waals surface area contributed by atoms with Crippen molar-refractivity contribution < 1.29 is 17.9 Å². The summed E-state index contributed by atoms with van der Waals surface area (Å²) in [6.07, 6.45) is 1.19. The number of methoxy groups -OCH3 is 1. The van der Waals surface area contributed by atoms with Crippen LogP contribution in [0.4, 0.5) is 5.69 Å². The lowest BCUT2D eigenvalue weighted by Crippen LogP contribution is -2.16. The molecule has 112 valence electrons. The summed E-state index contributed by atoms with van der Waals surface area (Å²) >= 11 is 5.81. The number of aryl methyl sites for hydroxylation is 1. The molecule has 2 aromatic rings. The molecule has 9 heteroatoms. The van der Waals surface area contributed by atoms with Crippen LogP contribution in [0.5, 0.6) is 0 Å². The quantitative estimate of drug-likeness (QED) is 0.835. The molecule has 0 radical (unpaired) electrons. The monoisotopic (exact) mass is 329 g/mol. The number of ether oxygens (including phenoxy) is 1. The zero-order valence-corrected chi connectivity index (χ0v) is 12.7. The van der Waals surface area contributed by atoms with Gasteiger partial charge in [0.2, 0.25) is 0 Å². The van der Waals surface area contributed by atoms with Gasteiger partial charge in [-0.05, 0) is 25.1 Å². The first-order chi connectivity index (χ1) is 9.85. The number of halogens is 1. The Morgan fingerprint density at radius 3 is 2.71 bits per heavy atom. The fourth-order valence-electron chi connectivity index (χ4n) is 1.69. The molecule has 0 spiro atoms. The Labute approximate surface area is 126 Å². The summed E-state index contributed by atoms with van der Waals surface area (Å²) in [6, 6.07) is 4.18. The molecule has 21 heavy (non-hydrogen) atoms. The second-order valence-electron chi connectivity index (χ2n) is 4.15. The number of hydrogen-bond donors (Lipinski definition) is 2. The minimum atomic E-state index is -3.87. The number of hydrogen-bond acceptors (Lipinski definition) is 5. The van der Waals surface area contributed by atoms with E-state index in [4.69, 9.17) is 11.6 Å². The molecule has 1 aromatic heterocycles. The van der Waals surface area contributed by atoms with Gasteiger partial charge < -0.3 is 4.74 Å². The van der Waals surface area contributed by atoms with Crippen molar-refractivity contribution in [3.05, 3.63) is 40.7 Å². The Morgan fingerprint density at radius 1 is 1.43 bits per heavy atom. The third-order valence-electron chi connectivity index (χ3n) is 2.70. The van der Waals surface area contributed by atoms with Gasteiger partial charge in [-0.25, -0.2) is 13.2 Å². The largest absolute Gasteiger partial charge is 0.465 e. The summed E-state index contributed by atoms with van der Waals surface area (Å²) < 4.78 is 31.5. The van der Waals surface area contributed by atoms with Gasteiger partial charge >= 0.3 is 5.97 Å². The highest BCUT2D eigenvalue weighted by Gasteiger charge is 2.22. The molecule has 0 saturated heterocycles. The SMILES string of the molecule is COC(=O)c1cc(Cl)ccc1NS(=O)(=O)c1cn[nH]c1C. The highest BCUT2D eigenvalue weighted by atomic mass is 35.5. The van der Waals surface area contributed by atoms with Gasteiger partial charge in [-0.3, -0.25) is 9.82 Å². The Kier molecular flexibility index (Phi) is 4.19. The molecule has 0 fully saturated rings. The van der Waals surface area contributed by atoms with Gasteiger partial charge in [-0.15, -0.1) is 0 Å². The van der Waals surface area contributed by atoms with E-state index in [1.807, 2.05) is 0 Å². The van der Waals surface area contributed by atoms with E-state index in [0.29, 0.717) is 5.69 Å². The van der Waals surface area contributed by atoms with E-state index in [2.05, 4.69) is 19.7 Å². The Bertz CT molecular complexity index is 786. The van der Waals surface area contributed by atoms with Crippen molar-refractivity contribution in [1.29, 1.82) is 0 Å². The maximum Gasteiger partial charge on any atom is 0.340 e. The van der Waals surface area contributed by atoms with E-state index in [9.17, 15) is 13.2 Å². The van der Waals surface area contributed by atoms with Gasteiger partial charge in [0.1, 0.15) is 4.90 Å². The van der Waals surface area contributed by atoms with Crippen molar-refractivity contribution >= 4 is 33.3 Å². The number of carbonyl (C=O) groups excluding carboxylic acids is 1. The number of H-pyrrole nitrogens is 1. The molecular weight excluding hydrogens is 318 g/mol. The highest BCUT2D eigenvalue weighted by Crippen LogP contribution is 2.24. The van der Waals surface area contributed by atoms with Gasteiger partial charge in [0.15, 0.2) is 0 Å². The van der Waals surface area contributed by atoms with Crippen molar-refractivity contribution in [3.8, 4) is 0 Å². The predicted octanol–water partition coefficient (Wildman–Crippen LogP) is 1.96. The molecule has 0 aliphatic heterocycles. The smallest absolute Gasteiger partial charge is 0.340 e. The molecule has 1 aromatic carbocycles. The number of aromatic amines is 1. The van der Waals surface area contributed by atoms with E-state index in [1.54, 1.807) is 6.92 Å². The van der Waals surface area contributed by atoms with Crippen LogP contribution in [-0.2, 0) is 14.8 Å². The van der Waals surface area contributed by atoms with Gasteiger partial charge in [-0.2, -0.15) is 5.10 Å². The Morgan fingerprint density at radius 2 is 2.14 bits per heavy atom. The average Bonchev–Trinajstić information content (AvgIpc) is 2.87. The van der Waals surface area contributed by atoms with Crippen molar-refractivity contribution in [2.75, 3.05) is 11.8 Å². The normalized spacial score (nSPS) is 11.2. The number of sulfonamides is 1. The molecule has 1 heterocycles. The first kappa shape index (κ1) is 15.3. The van der Waals surface area contributed by atoms with Crippen molar-refractivity contribution in [1.82, 2.24) is 10.2 Å². The van der Waals surface area contributed by atoms with Crippen LogP contribution in [0.25, 0.3) is 0 Å². The topological polar surface area (TPSA) is 101 Å². The van der Waals surface area contributed by atoms with Crippen molar-refractivity contribution in [2.24, 2.45) is 0 Å². The molecule has 0 amide bonds. The van der Waals surface area contributed by atoms with Crippen LogP contribution in [0.1, 0.15) is 16.1 Å². The Balaban J connectivity index is 2.45. The van der Waals surface area contributed by atoms with Gasteiger partial charge in [0.25, 0.3) is 10.0 Å². The number of esters is 1. The van der Waals surface area contributed by atoms with E-state index in [0.717, 1.165) is 0 Å². The number of benzene rings is 1. The standard InChI is InChI=1S/C12H12ClN3O4S/c1-7-11(6-14-15-7)21(18,19)16-10-4-3-8(13)5-9(10)12(17)20-2/h3-6,16H,1-2H3,(H,14,15). The fourth-order valence-corrected chi connectivity index (χ4v) is 3.08. The third-order valence-corrected chi connectivity index (χ3v) is 4.42. The summed E-state index contributed by atoms with van der Waals surface area (Å²) in [5, 5.41) is 6.49. The van der Waals surface area contributed by atoms with Crippen molar-refractivity contribution in [3.63, 3.8) is 0 Å². The minimum Gasteiger partial charge on any atom is -0.465 e. The van der Waals surface area contributed by atoms with E-state index < -0.39 is 16.0 Å². The zero-order chi connectivity index (χ0) is 15.6. The fraction of sp³-hybridized carbons (Fsp3) is 0.167. The van der Waals surface area contributed by atoms with Gasteiger partial charge in [-0.1, -0.05) is 11.6 Å². The first-order valence-electron chi connectivity index (χ1n) is 5.76. The van der Waals surface area contributed by atoms with E-state index in [1.165, 1.54) is 31.5 Å². The highest BCUT2D eigenvalue weighted by molar-refractivity contribution is 7.92. The summed E-state index contributed by atoms with van der Waals surface area (Å²) in [6.45, 7) is 1.57. The second kappa shape index (κ2) is 5.74. The number of rotatable bonds is 4. The zero-order valence-electron chi connectivity index (χ0n) is 11.2. The van der Waals surface area contributed by atoms with Crippen LogP contribution in [0, 0.1) is 6.92 Å². The molecule has 0 bridgehead atoms. The number of anilines is 1. The predicted molar refractivity (Wildman–Crippen MR) is 76.9 cm³/mol. The molecule has 0 saturated carbocycles. The second-order valence-corrected chi connectivity index (χ2v) is 6.23. The van der Waals surface area contributed by atoms with Gasteiger partial charge in [0, 0.05) is 5.02 Å². The molecular formula is C12H12ClN3O4S. The van der Waals surface area contributed by atoms with Crippen LogP contribution in [0.15, 0.2) is 29.3 Å². The molecule has 7 nitrogen and oxygen atoms in total. The number of nitrogens with one attached hydrogen (secondary N) is 2. The summed E-state index contributed by atoms with van der Waals surface area (Å²) in [5.41, 5.74) is 0.484. The molecule has 0 unspecified atom stereocenters. The van der Waals surface area contributed by atoms with Crippen LogP contribution in [0.2, 0.25) is 5.02 Å². The minimum absolute atomic E-state index is 0.00624. The molecule has 2 rings (SSSR count). The van der Waals surface area contributed by atoms with Crippen LogP contribution in [-0.4, -0.2) is 31.7 Å². The van der Waals surface area contributed by atoms with Crippen LogP contribution < -0.4 is 4.72 Å². The Hall–Kier alpha value is -2.06. The molecule has 2 N–H and O–H groups in total. The summed E-state index contributed by atoms with van der Waals surface area (Å²) in [5.74, 6) is -0.695. The maximum atomic E-state index is 12.3. The average molecular weight is 330 g/mol. The van der Waals surface area contributed by atoms with Gasteiger partial charge in [0.05, 0.1) is 30.3 Å². The molecule has 0 aliphatic carbocycles. The summed E-state index contributed by atoms with van der Waals surface area (Å²) in [4.78, 5) is 11.7. The first-order valence-corrected chi connectivity index (χ1v) is 7.62. The summed E-state index contributed by atoms with van der Waals surface area (Å²) in [7, 11) is -2.68. The number of aromatic nitrogens is 2. The maximum absolute atomic E-state index is 12.3. The van der Waals surface area contributed by atoms with Crippen LogP contribution in [0.3, 0.4) is 0 Å². The van der Waals surface area contributed by atoms with Crippen molar-refractivity contribution in [2.45, 2.75) is 11.8 Å².